The Morgan fingerprint density at radius 1 is 0.925 bits per heavy atom. The standard InChI is InChI=1S/C25H33N3O11S/c1-2-40(33,34)26-7-8-35-9-10-36-11-12-37-13-14-38-15-16-39-18-3-4-19-20(17-18)25(32)28(24(19)31)21-5-6-22(29)27-23(21)30/h2-4,17,21H,1,5-16H2,(H2-,26,27,29,30,33,34). The predicted octanol–water partition coefficient (Wildman–Crippen LogP) is -0.189. The van der Waals surface area contributed by atoms with Gasteiger partial charge >= 0.3 is 0 Å². The fraction of sp³-hybridized carbons (Fsp3) is 0.520. The monoisotopic (exact) mass is 583 g/mol. The Morgan fingerprint density at radius 2 is 1.50 bits per heavy atom. The Hall–Kier alpha value is -3.05. The second-order valence-corrected chi connectivity index (χ2v) is 10.3. The van der Waals surface area contributed by atoms with E-state index in [0.29, 0.717) is 45.4 Å². The quantitative estimate of drug-likeness (QED) is 0.125. The van der Waals surface area contributed by atoms with Gasteiger partial charge in [-0.05, 0) is 31.2 Å². The normalized spacial score (nSPS) is 18.4. The lowest BCUT2D eigenvalue weighted by Crippen LogP contribution is -2.54. The number of hydrogen-bond donors (Lipinski definition) is 2. The minimum Gasteiger partial charge on any atom is -0.593 e. The summed E-state index contributed by atoms with van der Waals surface area (Å²) in [5, 5.41) is 3.00. The lowest BCUT2D eigenvalue weighted by Gasteiger charge is -2.27. The number of rotatable bonds is 19. The Kier molecular flexibility index (Phi) is 12.3. The van der Waals surface area contributed by atoms with Crippen molar-refractivity contribution in [1.82, 2.24) is 14.9 Å². The molecule has 220 valence electrons. The Morgan fingerprint density at radius 3 is 2.10 bits per heavy atom. The molecule has 0 saturated carbocycles. The van der Waals surface area contributed by atoms with E-state index in [4.69, 9.17) is 23.7 Å². The van der Waals surface area contributed by atoms with Crippen molar-refractivity contribution in [3.05, 3.63) is 41.3 Å². The summed E-state index contributed by atoms with van der Waals surface area (Å²) in [5.41, 5.74) is 0.326. The van der Waals surface area contributed by atoms with E-state index < -0.39 is 40.1 Å². The average Bonchev–Trinajstić information content (AvgIpc) is 3.17. The fourth-order valence-corrected chi connectivity index (χ4v) is 4.32. The third kappa shape index (κ3) is 9.26. The van der Waals surface area contributed by atoms with Crippen LogP contribution in [-0.2, 0) is 43.1 Å². The number of imide groups is 2. The molecular formula is C25H33N3O11S. The van der Waals surface area contributed by atoms with E-state index in [1.807, 2.05) is 0 Å². The molecule has 1 aromatic carbocycles. The first-order valence-electron chi connectivity index (χ1n) is 12.6. The second-order valence-electron chi connectivity index (χ2n) is 8.56. The number of benzene rings is 1. The van der Waals surface area contributed by atoms with E-state index in [1.54, 1.807) is 6.07 Å². The molecule has 2 aliphatic heterocycles. The van der Waals surface area contributed by atoms with Crippen LogP contribution in [0.25, 0.3) is 0 Å². The number of carbonyl (C=O) groups is 4. The van der Waals surface area contributed by atoms with Crippen LogP contribution in [0.3, 0.4) is 0 Å². The van der Waals surface area contributed by atoms with Gasteiger partial charge in [-0.25, -0.2) is 0 Å². The Bertz CT molecular complexity index is 1130. The summed E-state index contributed by atoms with van der Waals surface area (Å²) in [7, 11) is -3.44. The van der Waals surface area contributed by atoms with Crippen molar-refractivity contribution < 1.29 is 51.6 Å². The third-order valence-corrected chi connectivity index (χ3v) is 6.84. The number of nitrogens with one attached hydrogen (secondary N) is 2. The molecule has 0 bridgehead atoms. The van der Waals surface area contributed by atoms with E-state index in [1.165, 1.54) is 12.1 Å². The van der Waals surface area contributed by atoms with Gasteiger partial charge in [0.05, 0.1) is 70.5 Å². The summed E-state index contributed by atoms with van der Waals surface area (Å²) in [6, 6.07) is 3.49. The summed E-state index contributed by atoms with van der Waals surface area (Å²) < 4.78 is 51.6. The zero-order valence-electron chi connectivity index (χ0n) is 21.9. The van der Waals surface area contributed by atoms with Crippen LogP contribution in [-0.4, -0.2) is 105 Å². The van der Waals surface area contributed by atoms with Gasteiger partial charge in [0.1, 0.15) is 34.2 Å². The van der Waals surface area contributed by atoms with Gasteiger partial charge in [-0.15, -0.1) is 4.72 Å². The number of carbonyl (C=O) groups excluding carboxylic acids is 4. The van der Waals surface area contributed by atoms with E-state index in [0.717, 1.165) is 10.3 Å². The highest BCUT2D eigenvalue weighted by Gasteiger charge is 2.44. The summed E-state index contributed by atoms with van der Waals surface area (Å²) >= 11 is 0. The number of nitrogens with zero attached hydrogens (tertiary/aromatic N) is 1. The molecule has 40 heavy (non-hydrogen) atoms. The Labute approximate surface area is 232 Å². The fourth-order valence-electron chi connectivity index (χ4n) is 3.84. The second kappa shape index (κ2) is 15.7. The number of fused-ring (bicyclic) bond motifs is 1. The molecule has 2 atom stereocenters. The molecule has 0 aromatic heterocycles. The van der Waals surface area contributed by atoms with Crippen LogP contribution in [0.5, 0.6) is 5.75 Å². The zero-order valence-corrected chi connectivity index (χ0v) is 22.7. The molecule has 2 heterocycles. The van der Waals surface area contributed by atoms with Gasteiger partial charge in [-0.3, -0.25) is 29.4 Å². The van der Waals surface area contributed by atoms with Gasteiger partial charge < -0.3 is 28.2 Å². The first kappa shape index (κ1) is 31.5. The van der Waals surface area contributed by atoms with Crippen molar-refractivity contribution in [3.8, 4) is 5.75 Å². The maximum atomic E-state index is 12.8. The lowest BCUT2D eigenvalue weighted by molar-refractivity contribution is -0.136. The average molecular weight is 584 g/mol. The molecule has 2 aliphatic rings. The molecule has 14 nitrogen and oxygen atoms in total. The summed E-state index contributed by atoms with van der Waals surface area (Å²) in [5.74, 6) is -1.88. The number of hydrogen-bond acceptors (Lipinski definition) is 11. The lowest BCUT2D eigenvalue weighted by atomic mass is 10.0. The van der Waals surface area contributed by atoms with E-state index >= 15 is 0 Å². The van der Waals surface area contributed by atoms with Gasteiger partial charge in [0.15, 0.2) is 0 Å². The van der Waals surface area contributed by atoms with Crippen molar-refractivity contribution in [1.29, 1.82) is 0 Å². The van der Waals surface area contributed by atoms with Gasteiger partial charge in [0.2, 0.25) is 11.8 Å². The zero-order chi connectivity index (χ0) is 29.0. The number of ether oxygens (including phenoxy) is 5. The van der Waals surface area contributed by atoms with Gasteiger partial charge in [0, 0.05) is 6.42 Å². The maximum absolute atomic E-state index is 12.8. The van der Waals surface area contributed by atoms with Gasteiger partial charge in [0.25, 0.3) is 11.8 Å². The first-order valence-corrected chi connectivity index (χ1v) is 14.2. The van der Waals surface area contributed by atoms with Crippen LogP contribution in [0, 0.1) is 0 Å². The number of amides is 4. The molecule has 3 rings (SSSR count). The highest BCUT2D eigenvalue weighted by atomic mass is 32.3. The maximum Gasteiger partial charge on any atom is 0.262 e. The first-order chi connectivity index (χ1) is 19.2. The number of piperidine rings is 1. The molecule has 0 spiro atoms. The smallest absolute Gasteiger partial charge is 0.262 e. The minimum absolute atomic E-state index is 0.0559. The van der Waals surface area contributed by atoms with Crippen molar-refractivity contribution in [2.24, 2.45) is 0 Å². The van der Waals surface area contributed by atoms with Gasteiger partial charge in [-0.1, -0.05) is 4.21 Å². The summed E-state index contributed by atoms with van der Waals surface area (Å²) in [6.07, 6.45) is 0.148. The van der Waals surface area contributed by atoms with Gasteiger partial charge in [-0.2, -0.15) is 0 Å². The van der Waals surface area contributed by atoms with Crippen LogP contribution in [0.1, 0.15) is 33.6 Å². The van der Waals surface area contributed by atoms with Crippen molar-refractivity contribution in [2.45, 2.75) is 18.9 Å². The largest absolute Gasteiger partial charge is 0.593 e. The molecule has 2 unspecified atom stereocenters. The topological polar surface area (TPSA) is 182 Å². The molecule has 1 aromatic rings. The van der Waals surface area contributed by atoms with Crippen molar-refractivity contribution in [2.75, 3.05) is 66.0 Å². The third-order valence-electron chi connectivity index (χ3n) is 5.79. The molecule has 2 N–H and O–H groups in total. The van der Waals surface area contributed by atoms with Crippen LogP contribution >= 0.6 is 0 Å². The van der Waals surface area contributed by atoms with E-state index in [2.05, 4.69) is 16.6 Å². The van der Waals surface area contributed by atoms with Crippen molar-refractivity contribution in [3.63, 3.8) is 0 Å². The molecular weight excluding hydrogens is 550 g/mol. The Balaban J connectivity index is 1.21. The highest BCUT2D eigenvalue weighted by Crippen LogP contribution is 2.30. The van der Waals surface area contributed by atoms with Crippen molar-refractivity contribution >= 4 is 34.0 Å². The minimum atomic E-state index is -3.44. The van der Waals surface area contributed by atoms with Crippen LogP contribution < -0.4 is 14.8 Å². The van der Waals surface area contributed by atoms with Crippen LogP contribution in [0.15, 0.2) is 30.2 Å². The predicted molar refractivity (Wildman–Crippen MR) is 139 cm³/mol. The number of sulfonamides is 1. The van der Waals surface area contributed by atoms with E-state index in [9.17, 15) is 27.9 Å². The van der Waals surface area contributed by atoms with Crippen LogP contribution in [0.4, 0.5) is 0 Å². The SMILES string of the molecule is C=C[S+](=O)([O-])NCCOCCOCCOCCOCCOc1ccc2c(c1)C(=O)N(C1CCC(=O)NC1=O)C2=O. The molecule has 1 fully saturated rings. The molecule has 0 radical (unpaired) electrons. The molecule has 1 saturated heterocycles. The molecule has 15 heteroatoms. The molecule has 0 aliphatic carbocycles. The summed E-state index contributed by atoms with van der Waals surface area (Å²) in [4.78, 5) is 50.0. The van der Waals surface area contributed by atoms with E-state index in [-0.39, 0.29) is 50.3 Å². The molecule has 4 amide bonds. The highest BCUT2D eigenvalue weighted by molar-refractivity contribution is 7.98. The summed E-state index contributed by atoms with van der Waals surface area (Å²) in [6.45, 7) is 6.16. The van der Waals surface area contributed by atoms with Crippen LogP contribution in [0.2, 0.25) is 0 Å².